The van der Waals surface area contributed by atoms with Crippen LogP contribution in [0.25, 0.3) is 0 Å². The molecule has 0 aliphatic heterocycles. The molecule has 0 aromatic heterocycles. The minimum absolute atomic E-state index is 0.194. The van der Waals surface area contributed by atoms with Crippen LogP contribution >= 0.6 is 24.8 Å². The lowest BCUT2D eigenvalue weighted by atomic mass is 9.84. The van der Waals surface area contributed by atoms with E-state index < -0.39 is 5.60 Å². The first-order chi connectivity index (χ1) is 10.8. The van der Waals surface area contributed by atoms with Crippen molar-refractivity contribution < 1.29 is 9.84 Å². The van der Waals surface area contributed by atoms with Crippen molar-refractivity contribution in [3.05, 3.63) is 85.9 Å². The lowest BCUT2D eigenvalue weighted by Gasteiger charge is -2.30. The van der Waals surface area contributed by atoms with Crippen LogP contribution in [-0.2, 0) is 16.8 Å². The van der Waals surface area contributed by atoms with Gasteiger partial charge < -0.3 is 15.6 Å². The second-order valence-electron chi connectivity index (χ2n) is 4.55. The number of allylic oxidation sites excluding steroid dienone is 1. The van der Waals surface area contributed by atoms with Gasteiger partial charge in [0.1, 0.15) is 15.7 Å². The van der Waals surface area contributed by atoms with Crippen LogP contribution in [0.1, 0.15) is 17.5 Å². The predicted octanol–water partition coefficient (Wildman–Crippen LogP) is 4.01. The standard InChI is InChI=1S/C17H20O2.CH3NS2/c1-5-10-15-11-8-9-12-16(15)17(18,13-6-2)14(4)19-7-3;2-1(3)4/h5-9,11-12,18H,1-4,10,13H2;(H3,2,3,4). The van der Waals surface area contributed by atoms with Gasteiger partial charge in [-0.2, -0.15) is 0 Å². The molecule has 0 aliphatic rings. The van der Waals surface area contributed by atoms with Gasteiger partial charge in [-0.1, -0.05) is 61.8 Å². The van der Waals surface area contributed by atoms with Crippen molar-refractivity contribution in [2.24, 2.45) is 5.73 Å². The number of rotatable bonds is 8. The SMILES string of the molecule is C=CCc1ccccc1C(O)(CC=C)C(=C)OC=C.NC(=S)S. The number of hydrogen-bond donors (Lipinski definition) is 3. The molecule has 1 rings (SSSR count). The number of aliphatic hydroxyl groups is 1. The van der Waals surface area contributed by atoms with Gasteiger partial charge in [-0.15, -0.1) is 25.8 Å². The van der Waals surface area contributed by atoms with Gasteiger partial charge in [0.2, 0.25) is 0 Å². The van der Waals surface area contributed by atoms with E-state index in [1.807, 2.05) is 24.3 Å². The highest BCUT2D eigenvalue weighted by Gasteiger charge is 2.34. The van der Waals surface area contributed by atoms with Crippen LogP contribution in [0.15, 0.2) is 74.8 Å². The van der Waals surface area contributed by atoms with Gasteiger partial charge in [0.15, 0.2) is 0 Å². The Morgan fingerprint density at radius 1 is 1.30 bits per heavy atom. The summed E-state index contributed by atoms with van der Waals surface area (Å²) in [5.41, 5.74) is 5.13. The topological polar surface area (TPSA) is 55.5 Å². The molecule has 0 aliphatic carbocycles. The number of benzene rings is 1. The molecule has 23 heavy (non-hydrogen) atoms. The minimum atomic E-state index is -1.31. The summed E-state index contributed by atoms with van der Waals surface area (Å²) in [6.07, 6.45) is 5.67. The van der Waals surface area contributed by atoms with E-state index in [1.165, 1.54) is 6.26 Å². The highest BCUT2D eigenvalue weighted by atomic mass is 32.1. The smallest absolute Gasteiger partial charge is 0.150 e. The molecule has 0 bridgehead atoms. The van der Waals surface area contributed by atoms with Crippen molar-refractivity contribution in [1.29, 1.82) is 0 Å². The second-order valence-corrected chi connectivity index (χ2v) is 5.77. The fourth-order valence-corrected chi connectivity index (χ4v) is 2.04. The monoisotopic (exact) mass is 349 g/mol. The van der Waals surface area contributed by atoms with Gasteiger partial charge in [0.25, 0.3) is 0 Å². The van der Waals surface area contributed by atoms with E-state index in [4.69, 9.17) is 10.5 Å². The Balaban J connectivity index is 0.00000108. The molecule has 0 heterocycles. The molecule has 0 fully saturated rings. The maximum Gasteiger partial charge on any atom is 0.150 e. The average molecular weight is 350 g/mol. The molecular weight excluding hydrogens is 326 g/mol. The summed E-state index contributed by atoms with van der Waals surface area (Å²) in [4.78, 5) is 0. The molecule has 3 N–H and O–H groups in total. The first-order valence-corrected chi connectivity index (χ1v) is 7.66. The number of ether oxygens (including phenoxy) is 1. The maximum absolute atomic E-state index is 10.9. The Labute approximate surface area is 149 Å². The van der Waals surface area contributed by atoms with Crippen molar-refractivity contribution in [3.63, 3.8) is 0 Å². The summed E-state index contributed by atoms with van der Waals surface area (Å²) < 4.78 is 5.39. The lowest BCUT2D eigenvalue weighted by molar-refractivity contribution is 0.0307. The van der Waals surface area contributed by atoms with Crippen LogP contribution in [0, 0.1) is 0 Å². The van der Waals surface area contributed by atoms with Crippen molar-refractivity contribution in [3.8, 4) is 0 Å². The van der Waals surface area contributed by atoms with Gasteiger partial charge in [-0.05, 0) is 17.5 Å². The van der Waals surface area contributed by atoms with Gasteiger partial charge in [0.05, 0.1) is 6.26 Å². The van der Waals surface area contributed by atoms with Crippen LogP contribution < -0.4 is 5.73 Å². The molecule has 3 nitrogen and oxygen atoms in total. The fraction of sp³-hybridized carbons (Fsp3) is 0.167. The van der Waals surface area contributed by atoms with Crippen LogP contribution in [0.5, 0.6) is 0 Å². The Hall–Kier alpha value is -1.82. The van der Waals surface area contributed by atoms with E-state index in [0.29, 0.717) is 12.8 Å². The van der Waals surface area contributed by atoms with Gasteiger partial charge in [0, 0.05) is 6.42 Å². The number of thiol groups is 1. The van der Waals surface area contributed by atoms with E-state index in [0.717, 1.165) is 11.1 Å². The summed E-state index contributed by atoms with van der Waals surface area (Å²) in [6.45, 7) is 14.7. The van der Waals surface area contributed by atoms with Gasteiger partial charge >= 0.3 is 0 Å². The number of thiocarbonyl (C=S) groups is 1. The zero-order valence-corrected chi connectivity index (χ0v) is 14.8. The van der Waals surface area contributed by atoms with Crippen molar-refractivity contribution >= 4 is 29.2 Å². The summed E-state index contributed by atoms with van der Waals surface area (Å²) >= 11 is 7.65. The summed E-state index contributed by atoms with van der Waals surface area (Å²) in [6, 6.07) is 7.61. The van der Waals surface area contributed by atoms with Crippen LogP contribution in [0.2, 0.25) is 0 Å². The lowest BCUT2D eigenvalue weighted by Crippen LogP contribution is -2.29. The summed E-state index contributed by atoms with van der Waals surface area (Å²) in [5, 5.41) is 10.9. The molecule has 0 saturated heterocycles. The molecule has 1 atom stereocenters. The fourth-order valence-electron chi connectivity index (χ4n) is 2.04. The van der Waals surface area contributed by atoms with E-state index >= 15 is 0 Å². The van der Waals surface area contributed by atoms with Gasteiger partial charge in [-0.3, -0.25) is 0 Å². The van der Waals surface area contributed by atoms with Crippen molar-refractivity contribution in [2.75, 3.05) is 0 Å². The van der Waals surface area contributed by atoms with E-state index in [1.54, 1.807) is 12.2 Å². The predicted molar refractivity (Wildman–Crippen MR) is 105 cm³/mol. The molecular formula is C18H23NO2S2. The zero-order valence-electron chi connectivity index (χ0n) is 13.1. The molecule has 5 heteroatoms. The molecule has 124 valence electrons. The molecule has 1 aromatic rings. The zero-order chi connectivity index (χ0) is 17.9. The molecule has 0 radical (unpaired) electrons. The van der Waals surface area contributed by atoms with Crippen molar-refractivity contribution in [2.45, 2.75) is 18.4 Å². The minimum Gasteiger partial charge on any atom is -0.467 e. The highest BCUT2D eigenvalue weighted by molar-refractivity contribution is 8.10. The largest absolute Gasteiger partial charge is 0.467 e. The Bertz CT molecular complexity index is 580. The molecule has 0 spiro atoms. The third-order valence-corrected chi connectivity index (χ3v) is 2.95. The van der Waals surface area contributed by atoms with Crippen LogP contribution in [0.3, 0.4) is 0 Å². The first-order valence-electron chi connectivity index (χ1n) is 6.81. The third-order valence-electron chi connectivity index (χ3n) is 2.95. The highest BCUT2D eigenvalue weighted by Crippen LogP contribution is 2.35. The van der Waals surface area contributed by atoms with E-state index in [2.05, 4.69) is 51.2 Å². The summed E-state index contributed by atoms with van der Waals surface area (Å²) in [5.74, 6) is 0.235. The maximum atomic E-state index is 10.9. The van der Waals surface area contributed by atoms with Crippen LogP contribution in [0.4, 0.5) is 0 Å². The number of nitrogens with two attached hydrogens (primary N) is 1. The van der Waals surface area contributed by atoms with Crippen LogP contribution in [-0.4, -0.2) is 9.43 Å². The second kappa shape index (κ2) is 10.8. The Kier molecular flexibility index (Phi) is 9.97. The first kappa shape index (κ1) is 21.2. The number of hydrogen-bond acceptors (Lipinski definition) is 3. The molecule has 1 aromatic carbocycles. The Morgan fingerprint density at radius 3 is 2.35 bits per heavy atom. The van der Waals surface area contributed by atoms with E-state index in [-0.39, 0.29) is 10.1 Å². The van der Waals surface area contributed by atoms with Gasteiger partial charge in [-0.25, -0.2) is 0 Å². The van der Waals surface area contributed by atoms with E-state index in [9.17, 15) is 5.11 Å². The Morgan fingerprint density at radius 2 is 1.87 bits per heavy atom. The third kappa shape index (κ3) is 6.86. The van der Waals surface area contributed by atoms with Crippen molar-refractivity contribution in [1.82, 2.24) is 0 Å². The molecule has 1 unspecified atom stereocenters. The normalized spacial score (nSPS) is 11.9. The molecule has 0 amide bonds. The molecule has 0 saturated carbocycles. The summed E-state index contributed by atoms with van der Waals surface area (Å²) in [7, 11) is 0. The quantitative estimate of drug-likeness (QED) is 0.287. The average Bonchev–Trinajstić information content (AvgIpc) is 2.48.